The average Bonchev–Trinajstić information content (AvgIpc) is 3.26. The molecule has 4 N–H and O–H groups in total. The second kappa shape index (κ2) is 6.00. The number of fused-ring (bicyclic) bond motifs is 3. The summed E-state index contributed by atoms with van der Waals surface area (Å²) in [5, 5.41) is 13.5. The standard InChI is InChI=1S/C20H20N6/c21-14-5-3-4-13(8-14)20-12-26(25-24-20)11-15-9-17-16-6-1-2-7-18(16)23-19(17)10-22-15/h1-8,12,15,22-23H,9-11,21H2/t15-/m0/s1. The van der Waals surface area contributed by atoms with Crippen LogP contribution in [0.25, 0.3) is 22.2 Å². The number of benzene rings is 2. The van der Waals surface area contributed by atoms with Crippen molar-refractivity contribution >= 4 is 16.6 Å². The van der Waals surface area contributed by atoms with Crippen molar-refractivity contribution in [2.45, 2.75) is 25.6 Å². The third kappa shape index (κ3) is 2.64. The van der Waals surface area contributed by atoms with E-state index < -0.39 is 0 Å². The summed E-state index contributed by atoms with van der Waals surface area (Å²) in [5.74, 6) is 0. The largest absolute Gasteiger partial charge is 0.399 e. The molecule has 1 aliphatic heterocycles. The number of nitrogens with two attached hydrogens (primary N) is 1. The lowest BCUT2D eigenvalue weighted by molar-refractivity contribution is 0.398. The van der Waals surface area contributed by atoms with Crippen molar-refractivity contribution in [2.75, 3.05) is 5.73 Å². The molecular weight excluding hydrogens is 324 g/mol. The van der Waals surface area contributed by atoms with Crippen molar-refractivity contribution in [3.05, 3.63) is 66.0 Å². The molecule has 130 valence electrons. The molecule has 0 aliphatic carbocycles. The first-order chi connectivity index (χ1) is 12.8. The molecule has 4 aromatic rings. The quantitative estimate of drug-likeness (QED) is 0.499. The molecule has 1 aliphatic rings. The Bertz CT molecular complexity index is 1080. The first kappa shape index (κ1) is 15.2. The molecule has 5 rings (SSSR count). The molecule has 0 radical (unpaired) electrons. The van der Waals surface area contributed by atoms with Gasteiger partial charge in [0.25, 0.3) is 0 Å². The molecule has 2 aromatic heterocycles. The summed E-state index contributed by atoms with van der Waals surface area (Å²) in [6.07, 6.45) is 2.97. The van der Waals surface area contributed by atoms with E-state index in [2.05, 4.69) is 44.9 Å². The number of rotatable bonds is 3. The minimum atomic E-state index is 0.331. The number of anilines is 1. The van der Waals surface area contributed by atoms with E-state index >= 15 is 0 Å². The highest BCUT2D eigenvalue weighted by Gasteiger charge is 2.22. The van der Waals surface area contributed by atoms with Crippen LogP contribution >= 0.6 is 0 Å². The highest BCUT2D eigenvalue weighted by atomic mass is 15.4. The van der Waals surface area contributed by atoms with Crippen molar-refractivity contribution in [3.8, 4) is 11.3 Å². The van der Waals surface area contributed by atoms with Crippen molar-refractivity contribution in [3.63, 3.8) is 0 Å². The molecule has 1 atom stereocenters. The Balaban J connectivity index is 1.36. The van der Waals surface area contributed by atoms with Gasteiger partial charge in [-0.2, -0.15) is 0 Å². The van der Waals surface area contributed by atoms with Gasteiger partial charge < -0.3 is 16.0 Å². The molecule has 6 heteroatoms. The molecule has 3 heterocycles. The van der Waals surface area contributed by atoms with Crippen LogP contribution in [0.15, 0.2) is 54.7 Å². The fraction of sp³-hybridized carbons (Fsp3) is 0.200. The highest BCUT2D eigenvalue weighted by Crippen LogP contribution is 2.27. The van der Waals surface area contributed by atoms with Crippen molar-refractivity contribution in [2.24, 2.45) is 0 Å². The van der Waals surface area contributed by atoms with Gasteiger partial charge in [-0.15, -0.1) is 5.10 Å². The fourth-order valence-corrected chi connectivity index (χ4v) is 3.78. The Kier molecular flexibility index (Phi) is 3.50. The van der Waals surface area contributed by atoms with Gasteiger partial charge in [-0.25, -0.2) is 0 Å². The summed E-state index contributed by atoms with van der Waals surface area (Å²) in [6.45, 7) is 1.64. The Labute approximate surface area is 151 Å². The zero-order valence-electron chi connectivity index (χ0n) is 14.3. The van der Waals surface area contributed by atoms with Crippen LogP contribution in [-0.4, -0.2) is 26.0 Å². The maximum absolute atomic E-state index is 5.86. The second-order valence-corrected chi connectivity index (χ2v) is 6.86. The van der Waals surface area contributed by atoms with Gasteiger partial charge >= 0.3 is 0 Å². The zero-order valence-corrected chi connectivity index (χ0v) is 14.3. The lowest BCUT2D eigenvalue weighted by atomic mass is 9.98. The molecule has 0 bridgehead atoms. The fourth-order valence-electron chi connectivity index (χ4n) is 3.78. The summed E-state index contributed by atoms with van der Waals surface area (Å²) in [7, 11) is 0. The Morgan fingerprint density at radius 1 is 1.15 bits per heavy atom. The summed E-state index contributed by atoms with van der Waals surface area (Å²) in [4.78, 5) is 3.52. The van der Waals surface area contributed by atoms with E-state index in [9.17, 15) is 0 Å². The summed E-state index contributed by atoms with van der Waals surface area (Å²) in [6, 6.07) is 16.6. The number of hydrogen-bond acceptors (Lipinski definition) is 4. The van der Waals surface area contributed by atoms with Crippen molar-refractivity contribution < 1.29 is 0 Å². The summed E-state index contributed by atoms with van der Waals surface area (Å²) in [5.41, 5.74) is 12.4. The molecule has 0 unspecified atom stereocenters. The smallest absolute Gasteiger partial charge is 0.113 e. The Hall–Kier alpha value is -3.12. The van der Waals surface area contributed by atoms with Crippen LogP contribution < -0.4 is 11.1 Å². The third-order valence-corrected chi connectivity index (χ3v) is 5.05. The van der Waals surface area contributed by atoms with E-state index in [0.29, 0.717) is 6.04 Å². The van der Waals surface area contributed by atoms with Gasteiger partial charge in [-0.05, 0) is 30.2 Å². The molecule has 26 heavy (non-hydrogen) atoms. The summed E-state index contributed by atoms with van der Waals surface area (Å²) < 4.78 is 1.91. The van der Waals surface area contributed by atoms with Crippen LogP contribution in [-0.2, 0) is 19.5 Å². The van der Waals surface area contributed by atoms with E-state index in [1.54, 1.807) is 0 Å². The van der Waals surface area contributed by atoms with Gasteiger partial charge in [0.15, 0.2) is 0 Å². The molecule has 0 spiro atoms. The van der Waals surface area contributed by atoms with E-state index in [1.807, 2.05) is 35.1 Å². The van der Waals surface area contributed by atoms with Crippen LogP contribution in [0, 0.1) is 0 Å². The lowest BCUT2D eigenvalue weighted by Crippen LogP contribution is -2.38. The van der Waals surface area contributed by atoms with Crippen LogP contribution in [0.2, 0.25) is 0 Å². The van der Waals surface area contributed by atoms with Gasteiger partial charge in [-0.3, -0.25) is 4.68 Å². The number of nitrogen functional groups attached to an aromatic ring is 1. The van der Waals surface area contributed by atoms with E-state index in [1.165, 1.54) is 22.2 Å². The predicted octanol–water partition coefficient (Wildman–Crippen LogP) is 2.72. The van der Waals surface area contributed by atoms with Crippen LogP contribution in [0.3, 0.4) is 0 Å². The number of para-hydroxylation sites is 1. The minimum Gasteiger partial charge on any atom is -0.399 e. The van der Waals surface area contributed by atoms with Gasteiger partial charge in [0.2, 0.25) is 0 Å². The van der Waals surface area contributed by atoms with E-state index in [-0.39, 0.29) is 0 Å². The van der Waals surface area contributed by atoms with Crippen LogP contribution in [0.5, 0.6) is 0 Å². The number of nitrogens with zero attached hydrogens (tertiary/aromatic N) is 3. The SMILES string of the molecule is Nc1cccc(-c2cn(C[C@@H]3Cc4c([nH]c5ccccc45)CN3)nn2)c1. The summed E-state index contributed by atoms with van der Waals surface area (Å²) >= 11 is 0. The molecule has 0 saturated carbocycles. The zero-order chi connectivity index (χ0) is 17.5. The maximum atomic E-state index is 5.86. The lowest BCUT2D eigenvalue weighted by Gasteiger charge is -2.23. The number of hydrogen-bond donors (Lipinski definition) is 3. The molecule has 0 saturated heterocycles. The molecule has 0 amide bonds. The van der Waals surface area contributed by atoms with Crippen molar-refractivity contribution in [1.29, 1.82) is 0 Å². The predicted molar refractivity (Wildman–Crippen MR) is 103 cm³/mol. The molecular formula is C20H20N6. The third-order valence-electron chi connectivity index (χ3n) is 5.05. The van der Waals surface area contributed by atoms with Gasteiger partial charge in [-0.1, -0.05) is 35.5 Å². The highest BCUT2D eigenvalue weighted by molar-refractivity contribution is 5.84. The normalized spacial score (nSPS) is 16.7. The maximum Gasteiger partial charge on any atom is 0.113 e. The molecule has 6 nitrogen and oxygen atoms in total. The van der Waals surface area contributed by atoms with Gasteiger partial charge in [0.1, 0.15) is 5.69 Å². The second-order valence-electron chi connectivity index (χ2n) is 6.86. The number of aromatic nitrogens is 4. The first-order valence-corrected chi connectivity index (χ1v) is 8.84. The van der Waals surface area contributed by atoms with Gasteiger partial charge in [0.05, 0.1) is 12.7 Å². The van der Waals surface area contributed by atoms with Crippen molar-refractivity contribution in [1.82, 2.24) is 25.3 Å². The number of nitrogens with one attached hydrogen (secondary N) is 2. The first-order valence-electron chi connectivity index (χ1n) is 8.84. The molecule has 0 fully saturated rings. The monoisotopic (exact) mass is 344 g/mol. The van der Waals surface area contributed by atoms with Crippen LogP contribution in [0.1, 0.15) is 11.3 Å². The Morgan fingerprint density at radius 2 is 2.08 bits per heavy atom. The Morgan fingerprint density at radius 3 is 3.00 bits per heavy atom. The van der Waals surface area contributed by atoms with E-state index in [4.69, 9.17) is 5.73 Å². The van der Waals surface area contributed by atoms with E-state index in [0.717, 1.165) is 36.5 Å². The molecule has 2 aromatic carbocycles. The topological polar surface area (TPSA) is 84.5 Å². The average molecular weight is 344 g/mol. The number of H-pyrrole nitrogens is 1. The number of aromatic amines is 1. The minimum absolute atomic E-state index is 0.331. The van der Waals surface area contributed by atoms with Crippen LogP contribution in [0.4, 0.5) is 5.69 Å². The van der Waals surface area contributed by atoms with Gasteiger partial charge in [0, 0.05) is 40.4 Å².